The first-order valence-corrected chi connectivity index (χ1v) is 9.64. The summed E-state index contributed by atoms with van der Waals surface area (Å²) in [5.74, 6) is -3.92. The number of allylic oxidation sites excluding steroid dienone is 1. The summed E-state index contributed by atoms with van der Waals surface area (Å²) in [6, 6.07) is 18.1. The number of Topliss-reactive ketones (excluding diaryl/α,β-unsaturated/α-hetero) is 3. The van der Waals surface area contributed by atoms with Gasteiger partial charge in [0.2, 0.25) is 11.6 Å². The number of carbonyl (C=O) groups is 3. The molecule has 3 aromatic carbocycles. The van der Waals surface area contributed by atoms with Crippen LogP contribution in [0.25, 0.3) is 0 Å². The molecule has 2 aliphatic rings. The van der Waals surface area contributed by atoms with Crippen LogP contribution in [0, 0.1) is 5.82 Å². The van der Waals surface area contributed by atoms with Gasteiger partial charge in [-0.3, -0.25) is 14.4 Å². The molecule has 3 aromatic rings. The Kier molecular flexibility index (Phi) is 4.29. The number of ketones is 3. The van der Waals surface area contributed by atoms with Crippen LogP contribution in [0.4, 0.5) is 4.39 Å². The Balaban J connectivity index is 1.70. The molecule has 0 saturated heterocycles. The summed E-state index contributed by atoms with van der Waals surface area (Å²) in [6.45, 7) is 0. The first-order chi connectivity index (χ1) is 15.0. The second-order valence-corrected chi connectivity index (χ2v) is 7.40. The lowest BCUT2D eigenvalue weighted by molar-refractivity contribution is 0.0639. The van der Waals surface area contributed by atoms with E-state index in [0.29, 0.717) is 5.56 Å². The Bertz CT molecular complexity index is 1290. The molecule has 0 radical (unpaired) electrons. The van der Waals surface area contributed by atoms with Crippen molar-refractivity contribution in [1.29, 1.82) is 0 Å². The van der Waals surface area contributed by atoms with Crippen LogP contribution in [-0.2, 0) is 4.74 Å². The number of phenols is 1. The first kappa shape index (κ1) is 18.9. The zero-order valence-corrected chi connectivity index (χ0v) is 16.0. The van der Waals surface area contributed by atoms with Crippen LogP contribution in [0.15, 0.2) is 84.1 Å². The SMILES string of the molecule is O=C1C2=C(C(=O)c3ccccc31)[C@@H](c1ccc(O)cc1F)[C@H](C(=O)c1ccccc1)O2. The van der Waals surface area contributed by atoms with Crippen molar-refractivity contribution in [3.63, 3.8) is 0 Å². The molecule has 2 atom stereocenters. The monoisotopic (exact) mass is 414 g/mol. The van der Waals surface area contributed by atoms with Crippen molar-refractivity contribution in [3.05, 3.63) is 112 Å². The van der Waals surface area contributed by atoms with Crippen LogP contribution < -0.4 is 0 Å². The third-order valence-electron chi connectivity index (χ3n) is 5.61. The highest BCUT2D eigenvalue weighted by atomic mass is 19.1. The molecule has 0 aromatic heterocycles. The minimum atomic E-state index is -1.30. The summed E-state index contributed by atoms with van der Waals surface area (Å²) < 4.78 is 20.7. The summed E-state index contributed by atoms with van der Waals surface area (Å²) in [7, 11) is 0. The molecule has 1 aliphatic heterocycles. The van der Waals surface area contributed by atoms with Crippen LogP contribution in [0.3, 0.4) is 0 Å². The number of carbonyl (C=O) groups excluding carboxylic acids is 3. The van der Waals surface area contributed by atoms with Gasteiger partial charge in [-0.2, -0.15) is 0 Å². The van der Waals surface area contributed by atoms with E-state index in [0.717, 1.165) is 6.07 Å². The number of halogens is 1. The van der Waals surface area contributed by atoms with Crippen LogP contribution in [0.1, 0.15) is 42.6 Å². The molecule has 6 heteroatoms. The Labute approximate surface area is 176 Å². The standard InChI is InChI=1S/C25H15FO5/c26-18-12-14(27)10-11-17(18)19-20-22(29)15-8-4-5-9-16(15)23(30)25(20)31-24(19)21(28)13-6-2-1-3-7-13/h1-12,19,24,27H/t19-,24-/m1/s1. The normalized spacial score (nSPS) is 19.6. The predicted molar refractivity (Wildman–Crippen MR) is 109 cm³/mol. The molecule has 5 nitrogen and oxygen atoms in total. The third kappa shape index (κ3) is 2.87. The van der Waals surface area contributed by atoms with E-state index in [4.69, 9.17) is 4.74 Å². The Morgan fingerprint density at radius 2 is 1.52 bits per heavy atom. The van der Waals surface area contributed by atoms with E-state index < -0.39 is 35.2 Å². The maximum Gasteiger partial charge on any atom is 0.228 e. The second-order valence-electron chi connectivity index (χ2n) is 7.40. The molecule has 152 valence electrons. The van der Waals surface area contributed by atoms with Crippen molar-refractivity contribution in [2.75, 3.05) is 0 Å². The molecule has 0 amide bonds. The van der Waals surface area contributed by atoms with Crippen molar-refractivity contribution in [2.45, 2.75) is 12.0 Å². The van der Waals surface area contributed by atoms with E-state index >= 15 is 0 Å². The van der Waals surface area contributed by atoms with Crippen LogP contribution in [0.2, 0.25) is 0 Å². The topological polar surface area (TPSA) is 80.7 Å². The molecule has 1 aliphatic carbocycles. The van der Waals surface area contributed by atoms with Gasteiger partial charge in [0.25, 0.3) is 0 Å². The van der Waals surface area contributed by atoms with Crippen molar-refractivity contribution in [2.24, 2.45) is 0 Å². The van der Waals surface area contributed by atoms with Crippen LogP contribution in [-0.4, -0.2) is 28.6 Å². The third-order valence-corrected chi connectivity index (χ3v) is 5.61. The van der Waals surface area contributed by atoms with E-state index in [9.17, 15) is 23.9 Å². The van der Waals surface area contributed by atoms with Gasteiger partial charge < -0.3 is 9.84 Å². The van der Waals surface area contributed by atoms with Gasteiger partial charge in [-0.25, -0.2) is 4.39 Å². The molecule has 5 rings (SSSR count). The first-order valence-electron chi connectivity index (χ1n) is 9.64. The maximum atomic E-state index is 14.9. The van der Waals surface area contributed by atoms with Gasteiger partial charge in [0.1, 0.15) is 11.6 Å². The van der Waals surface area contributed by atoms with E-state index in [1.807, 2.05) is 0 Å². The fourth-order valence-corrected chi connectivity index (χ4v) is 4.18. The number of phenolic OH excluding ortho intramolecular Hbond substituents is 1. The number of hydrogen-bond acceptors (Lipinski definition) is 5. The summed E-state index contributed by atoms with van der Waals surface area (Å²) in [5.41, 5.74) is 0.643. The Morgan fingerprint density at radius 3 is 2.19 bits per heavy atom. The minimum Gasteiger partial charge on any atom is -0.508 e. The van der Waals surface area contributed by atoms with E-state index in [1.165, 1.54) is 24.3 Å². The fourth-order valence-electron chi connectivity index (χ4n) is 4.18. The fraction of sp³-hybridized carbons (Fsp3) is 0.0800. The van der Waals surface area contributed by atoms with Gasteiger partial charge >= 0.3 is 0 Å². The lowest BCUT2D eigenvalue weighted by atomic mass is 9.77. The van der Waals surface area contributed by atoms with Crippen LogP contribution >= 0.6 is 0 Å². The Hall–Kier alpha value is -4.06. The number of hydrogen-bond donors (Lipinski definition) is 1. The highest BCUT2D eigenvalue weighted by Crippen LogP contribution is 2.46. The maximum absolute atomic E-state index is 14.9. The zero-order chi connectivity index (χ0) is 21.7. The molecule has 0 unspecified atom stereocenters. The van der Waals surface area contributed by atoms with Gasteiger partial charge in [-0.05, 0) is 6.07 Å². The summed E-state index contributed by atoms with van der Waals surface area (Å²) >= 11 is 0. The molecule has 1 N–H and O–H groups in total. The summed E-state index contributed by atoms with van der Waals surface area (Å²) in [5, 5.41) is 9.62. The summed E-state index contributed by atoms with van der Waals surface area (Å²) in [4.78, 5) is 39.7. The largest absolute Gasteiger partial charge is 0.508 e. The van der Waals surface area contributed by atoms with E-state index in [1.54, 1.807) is 42.5 Å². The number of benzene rings is 3. The average Bonchev–Trinajstić information content (AvgIpc) is 3.18. The van der Waals surface area contributed by atoms with Gasteiger partial charge in [0, 0.05) is 28.3 Å². The number of rotatable bonds is 3. The van der Waals surface area contributed by atoms with Crippen molar-refractivity contribution < 1.29 is 28.6 Å². The van der Waals surface area contributed by atoms with Crippen molar-refractivity contribution in [1.82, 2.24) is 0 Å². The number of fused-ring (bicyclic) bond motifs is 1. The minimum absolute atomic E-state index is 0.00221. The van der Waals surface area contributed by atoms with Gasteiger partial charge in [0.05, 0.1) is 11.5 Å². The Morgan fingerprint density at radius 1 is 0.871 bits per heavy atom. The molecule has 0 fully saturated rings. The average molecular weight is 414 g/mol. The zero-order valence-electron chi connectivity index (χ0n) is 16.0. The van der Waals surface area contributed by atoms with Crippen molar-refractivity contribution >= 4 is 17.3 Å². The lowest BCUT2D eigenvalue weighted by Crippen LogP contribution is -2.29. The van der Waals surface area contributed by atoms with E-state index in [-0.39, 0.29) is 33.8 Å². The van der Waals surface area contributed by atoms with Gasteiger partial charge in [-0.15, -0.1) is 0 Å². The molecule has 0 saturated carbocycles. The molecule has 1 heterocycles. The number of ether oxygens (including phenoxy) is 1. The molecular formula is C25H15FO5. The van der Waals surface area contributed by atoms with Crippen molar-refractivity contribution in [3.8, 4) is 5.75 Å². The van der Waals surface area contributed by atoms with Crippen LogP contribution in [0.5, 0.6) is 5.75 Å². The highest BCUT2D eigenvalue weighted by molar-refractivity contribution is 6.27. The van der Waals surface area contributed by atoms with Gasteiger partial charge in [-0.1, -0.05) is 60.7 Å². The quantitative estimate of drug-likeness (QED) is 0.649. The predicted octanol–water partition coefficient (Wildman–Crippen LogP) is 4.23. The van der Waals surface area contributed by atoms with Gasteiger partial charge in [0.15, 0.2) is 17.6 Å². The molecule has 31 heavy (non-hydrogen) atoms. The highest BCUT2D eigenvalue weighted by Gasteiger charge is 2.50. The molecule has 0 bridgehead atoms. The molecule has 0 spiro atoms. The smallest absolute Gasteiger partial charge is 0.228 e. The summed E-state index contributed by atoms with van der Waals surface area (Å²) in [6.07, 6.45) is -1.30. The lowest BCUT2D eigenvalue weighted by Gasteiger charge is -2.21. The van der Waals surface area contributed by atoms with E-state index in [2.05, 4.69) is 0 Å². The second kappa shape index (κ2) is 7.02. The molecular weight excluding hydrogens is 399 g/mol. The number of aromatic hydroxyl groups is 1.